The molecule has 0 saturated carbocycles. The molecule has 0 bridgehead atoms. The van der Waals surface area contributed by atoms with Crippen molar-refractivity contribution in [3.05, 3.63) is 0 Å². The van der Waals surface area contributed by atoms with Gasteiger partial charge in [0.25, 0.3) is 0 Å². The van der Waals surface area contributed by atoms with E-state index >= 15 is 0 Å². The lowest BCUT2D eigenvalue weighted by Crippen LogP contribution is -2.29. The monoisotopic (exact) mass is 312 g/mol. The average molecular weight is 312 g/mol. The highest BCUT2D eigenvalue weighted by molar-refractivity contribution is 14.1. The lowest BCUT2D eigenvalue weighted by Gasteiger charge is -2.26. The SMILES string of the molecule is CC[C@H](C)CC1(C)OCC(CCI)O1. The Bertz CT molecular complexity index is 175. The Morgan fingerprint density at radius 3 is 2.86 bits per heavy atom. The van der Waals surface area contributed by atoms with Crippen molar-refractivity contribution in [3.8, 4) is 0 Å². The minimum atomic E-state index is -0.314. The molecule has 84 valence electrons. The van der Waals surface area contributed by atoms with Crippen LogP contribution < -0.4 is 0 Å². The highest BCUT2D eigenvalue weighted by Gasteiger charge is 2.37. The molecule has 1 fully saturated rings. The maximum atomic E-state index is 5.93. The van der Waals surface area contributed by atoms with Crippen LogP contribution >= 0.6 is 22.6 Å². The Kier molecular flexibility index (Phi) is 5.14. The molecule has 3 atom stereocenters. The minimum absolute atomic E-state index is 0.314. The Labute approximate surface area is 101 Å². The van der Waals surface area contributed by atoms with Crippen LogP contribution in [0.4, 0.5) is 0 Å². The molecule has 0 aromatic carbocycles. The van der Waals surface area contributed by atoms with Gasteiger partial charge in [0.05, 0.1) is 12.7 Å². The summed E-state index contributed by atoms with van der Waals surface area (Å²) in [6.45, 7) is 7.32. The van der Waals surface area contributed by atoms with Gasteiger partial charge >= 0.3 is 0 Å². The van der Waals surface area contributed by atoms with E-state index in [2.05, 4.69) is 43.4 Å². The average Bonchev–Trinajstić information content (AvgIpc) is 2.48. The molecule has 1 saturated heterocycles. The van der Waals surface area contributed by atoms with Crippen LogP contribution in [0.25, 0.3) is 0 Å². The van der Waals surface area contributed by atoms with Crippen LogP contribution in [-0.4, -0.2) is 22.9 Å². The summed E-state index contributed by atoms with van der Waals surface area (Å²) in [6.07, 6.45) is 3.64. The molecular formula is C11H21IO2. The molecule has 0 N–H and O–H groups in total. The predicted molar refractivity (Wildman–Crippen MR) is 66.8 cm³/mol. The molecule has 0 spiro atoms. The summed E-state index contributed by atoms with van der Waals surface area (Å²) in [6, 6.07) is 0. The van der Waals surface area contributed by atoms with E-state index in [-0.39, 0.29) is 5.79 Å². The van der Waals surface area contributed by atoms with E-state index in [1.165, 1.54) is 6.42 Å². The molecule has 1 aliphatic rings. The molecule has 3 heteroatoms. The number of hydrogen-bond donors (Lipinski definition) is 0. The molecule has 1 rings (SSSR count). The van der Waals surface area contributed by atoms with Crippen molar-refractivity contribution in [1.82, 2.24) is 0 Å². The van der Waals surface area contributed by atoms with Crippen LogP contribution in [0.3, 0.4) is 0 Å². The van der Waals surface area contributed by atoms with Crippen LogP contribution in [0.1, 0.15) is 40.0 Å². The van der Waals surface area contributed by atoms with Gasteiger partial charge in [0.15, 0.2) is 5.79 Å². The predicted octanol–water partition coefficient (Wildman–Crippen LogP) is 3.38. The summed E-state index contributed by atoms with van der Waals surface area (Å²) in [4.78, 5) is 0. The largest absolute Gasteiger partial charge is 0.348 e. The molecule has 0 aromatic rings. The van der Waals surface area contributed by atoms with Crippen molar-refractivity contribution in [2.75, 3.05) is 11.0 Å². The zero-order valence-corrected chi connectivity index (χ0v) is 11.5. The van der Waals surface area contributed by atoms with Crippen molar-refractivity contribution in [2.45, 2.75) is 51.9 Å². The first-order valence-electron chi connectivity index (χ1n) is 5.47. The lowest BCUT2D eigenvalue weighted by molar-refractivity contribution is -0.165. The van der Waals surface area contributed by atoms with Crippen molar-refractivity contribution < 1.29 is 9.47 Å². The second kappa shape index (κ2) is 5.66. The summed E-state index contributed by atoms with van der Waals surface area (Å²) in [5.74, 6) is 0.365. The number of hydrogen-bond acceptors (Lipinski definition) is 2. The highest BCUT2D eigenvalue weighted by Crippen LogP contribution is 2.31. The molecule has 14 heavy (non-hydrogen) atoms. The number of alkyl halides is 1. The first kappa shape index (κ1) is 12.7. The van der Waals surface area contributed by atoms with E-state index in [0.717, 1.165) is 23.9 Å². The molecule has 0 aliphatic carbocycles. The van der Waals surface area contributed by atoms with Crippen LogP contribution in [0.2, 0.25) is 0 Å². The first-order chi connectivity index (χ1) is 6.59. The standard InChI is InChI=1S/C11H21IO2/c1-4-9(2)7-11(3)13-8-10(14-11)5-6-12/h9-10H,4-8H2,1-3H3/t9-,10?,11?/m0/s1. The van der Waals surface area contributed by atoms with Crippen molar-refractivity contribution in [3.63, 3.8) is 0 Å². The third-order valence-corrected chi connectivity index (χ3v) is 3.46. The molecule has 2 unspecified atom stereocenters. The molecule has 1 aliphatic heterocycles. The molecule has 0 aromatic heterocycles. The maximum absolute atomic E-state index is 5.93. The van der Waals surface area contributed by atoms with Crippen molar-refractivity contribution >= 4 is 22.6 Å². The summed E-state index contributed by atoms with van der Waals surface area (Å²) >= 11 is 2.39. The topological polar surface area (TPSA) is 18.5 Å². The summed E-state index contributed by atoms with van der Waals surface area (Å²) in [5, 5.41) is 0. The van der Waals surface area contributed by atoms with Crippen molar-refractivity contribution in [2.24, 2.45) is 5.92 Å². The van der Waals surface area contributed by atoms with Gasteiger partial charge in [0.2, 0.25) is 0 Å². The fourth-order valence-electron chi connectivity index (χ4n) is 1.84. The zero-order valence-electron chi connectivity index (χ0n) is 9.38. The van der Waals surface area contributed by atoms with Gasteiger partial charge in [-0.15, -0.1) is 0 Å². The Morgan fingerprint density at radius 2 is 2.29 bits per heavy atom. The van der Waals surface area contributed by atoms with Crippen LogP contribution in [0.5, 0.6) is 0 Å². The molecule has 0 amide bonds. The second-order valence-corrected chi connectivity index (χ2v) is 5.46. The molecule has 1 heterocycles. The Balaban J connectivity index is 2.37. The summed E-state index contributed by atoms with van der Waals surface area (Å²) in [5.41, 5.74) is 0. The zero-order chi connectivity index (χ0) is 10.6. The van der Waals surface area contributed by atoms with E-state index in [1.54, 1.807) is 0 Å². The van der Waals surface area contributed by atoms with E-state index in [9.17, 15) is 0 Å². The van der Waals surface area contributed by atoms with Crippen LogP contribution in [0, 0.1) is 5.92 Å². The third-order valence-electron chi connectivity index (χ3n) is 2.84. The van der Waals surface area contributed by atoms with Gasteiger partial charge in [-0.25, -0.2) is 0 Å². The fraction of sp³-hybridized carbons (Fsp3) is 1.00. The van der Waals surface area contributed by atoms with Gasteiger partial charge in [-0.3, -0.25) is 0 Å². The molecule has 2 nitrogen and oxygen atoms in total. The number of ether oxygens (including phenoxy) is 2. The van der Waals surface area contributed by atoms with E-state index in [0.29, 0.717) is 12.0 Å². The highest BCUT2D eigenvalue weighted by atomic mass is 127. The Morgan fingerprint density at radius 1 is 1.57 bits per heavy atom. The van der Waals surface area contributed by atoms with Crippen LogP contribution in [0.15, 0.2) is 0 Å². The van der Waals surface area contributed by atoms with Gasteiger partial charge in [0.1, 0.15) is 0 Å². The maximum Gasteiger partial charge on any atom is 0.166 e. The van der Waals surface area contributed by atoms with Crippen molar-refractivity contribution in [1.29, 1.82) is 0 Å². The molecular weight excluding hydrogens is 291 g/mol. The van der Waals surface area contributed by atoms with E-state index in [4.69, 9.17) is 9.47 Å². The van der Waals surface area contributed by atoms with Gasteiger partial charge in [-0.2, -0.15) is 0 Å². The summed E-state index contributed by atoms with van der Waals surface area (Å²) < 4.78 is 12.8. The van der Waals surface area contributed by atoms with Gasteiger partial charge in [-0.1, -0.05) is 42.9 Å². The normalized spacial score (nSPS) is 34.7. The summed E-state index contributed by atoms with van der Waals surface area (Å²) in [7, 11) is 0. The van der Waals surface area contributed by atoms with Gasteiger partial charge in [-0.05, 0) is 19.3 Å². The lowest BCUT2D eigenvalue weighted by atomic mass is 10.00. The van der Waals surface area contributed by atoms with E-state index < -0.39 is 0 Å². The van der Waals surface area contributed by atoms with Gasteiger partial charge in [0, 0.05) is 10.8 Å². The minimum Gasteiger partial charge on any atom is -0.348 e. The number of halogens is 1. The number of rotatable bonds is 5. The fourth-order valence-corrected chi connectivity index (χ4v) is 2.53. The second-order valence-electron chi connectivity index (χ2n) is 4.38. The van der Waals surface area contributed by atoms with E-state index in [1.807, 2.05) is 0 Å². The molecule has 0 radical (unpaired) electrons. The Hall–Kier alpha value is 0.650. The van der Waals surface area contributed by atoms with Crippen LogP contribution in [-0.2, 0) is 9.47 Å². The van der Waals surface area contributed by atoms with Gasteiger partial charge < -0.3 is 9.47 Å². The first-order valence-corrected chi connectivity index (χ1v) is 7.00. The third kappa shape index (κ3) is 3.66. The quantitative estimate of drug-likeness (QED) is 0.572. The smallest absolute Gasteiger partial charge is 0.166 e.